The van der Waals surface area contributed by atoms with Crippen LogP contribution in [0.4, 0.5) is 13.2 Å². The molecule has 4 nitrogen and oxygen atoms in total. The van der Waals surface area contributed by atoms with Crippen molar-refractivity contribution in [3.63, 3.8) is 0 Å². The number of halogens is 4. The normalized spacial score (nSPS) is 25.4. The lowest BCUT2D eigenvalue weighted by atomic mass is 9.91. The van der Waals surface area contributed by atoms with Crippen LogP contribution in [0.15, 0.2) is 42.6 Å². The Hall–Kier alpha value is -2.12. The van der Waals surface area contributed by atoms with Gasteiger partial charge in [0.05, 0.1) is 11.3 Å². The summed E-state index contributed by atoms with van der Waals surface area (Å²) in [6.45, 7) is 1.56. The standard InChI is InChI=1S/C23H26F3N3O.ClH/c1-14(30)28-18-6-8-19(9-7-18)29-22-12-20(22)16-5-10-21(27-13-16)15-3-2-4-17(11-15)23(24,25)26;/h2-5,10-11,13,18-20,22,29H,6-9,12H2,1H3,(H,28,30);1H/t18?,19?,20-,22+;/m0./s1. The van der Waals surface area contributed by atoms with Crippen LogP contribution in [0.1, 0.15) is 56.1 Å². The summed E-state index contributed by atoms with van der Waals surface area (Å²) in [6.07, 6.45) is 2.60. The summed E-state index contributed by atoms with van der Waals surface area (Å²) >= 11 is 0. The third-order valence-electron chi connectivity index (χ3n) is 6.07. The van der Waals surface area contributed by atoms with Crippen molar-refractivity contribution in [3.05, 3.63) is 53.7 Å². The predicted molar refractivity (Wildman–Crippen MR) is 116 cm³/mol. The molecular formula is C23H27ClF3N3O. The zero-order valence-electron chi connectivity index (χ0n) is 17.3. The van der Waals surface area contributed by atoms with Gasteiger partial charge in [0.1, 0.15) is 0 Å². The van der Waals surface area contributed by atoms with Gasteiger partial charge >= 0.3 is 6.18 Å². The molecule has 1 aromatic carbocycles. The fourth-order valence-corrected chi connectivity index (χ4v) is 4.39. The maximum absolute atomic E-state index is 12.9. The Morgan fingerprint density at radius 2 is 1.77 bits per heavy atom. The second-order valence-corrected chi connectivity index (χ2v) is 8.42. The summed E-state index contributed by atoms with van der Waals surface area (Å²) in [7, 11) is 0. The molecular weight excluding hydrogens is 427 g/mol. The molecule has 1 aromatic heterocycles. The van der Waals surface area contributed by atoms with E-state index in [4.69, 9.17) is 0 Å². The Morgan fingerprint density at radius 1 is 1.06 bits per heavy atom. The summed E-state index contributed by atoms with van der Waals surface area (Å²) in [4.78, 5) is 15.6. The number of pyridine rings is 1. The van der Waals surface area contributed by atoms with Gasteiger partial charge in [-0.15, -0.1) is 12.4 Å². The van der Waals surface area contributed by atoms with Gasteiger partial charge in [0.25, 0.3) is 0 Å². The number of aromatic nitrogens is 1. The molecule has 0 spiro atoms. The molecule has 8 heteroatoms. The molecule has 0 bridgehead atoms. The first-order valence-electron chi connectivity index (χ1n) is 10.5. The molecule has 0 radical (unpaired) electrons. The molecule has 2 fully saturated rings. The molecule has 2 aromatic rings. The van der Waals surface area contributed by atoms with E-state index in [-0.39, 0.29) is 18.3 Å². The van der Waals surface area contributed by atoms with Gasteiger partial charge in [0.2, 0.25) is 5.91 Å². The lowest BCUT2D eigenvalue weighted by Gasteiger charge is -2.29. The van der Waals surface area contributed by atoms with Crippen molar-refractivity contribution in [2.45, 2.75) is 69.2 Å². The number of carbonyl (C=O) groups is 1. The van der Waals surface area contributed by atoms with E-state index in [0.29, 0.717) is 35.3 Å². The number of nitrogens with one attached hydrogen (secondary N) is 2. The van der Waals surface area contributed by atoms with Crippen LogP contribution in [0.3, 0.4) is 0 Å². The highest BCUT2D eigenvalue weighted by atomic mass is 35.5. The molecule has 2 saturated carbocycles. The lowest BCUT2D eigenvalue weighted by Crippen LogP contribution is -2.42. The molecule has 0 aliphatic heterocycles. The van der Waals surface area contributed by atoms with Crippen LogP contribution < -0.4 is 10.6 Å². The van der Waals surface area contributed by atoms with Crippen molar-refractivity contribution in [1.82, 2.24) is 15.6 Å². The summed E-state index contributed by atoms with van der Waals surface area (Å²) in [5.41, 5.74) is 1.48. The molecule has 1 heterocycles. The number of rotatable bonds is 5. The quantitative estimate of drug-likeness (QED) is 0.663. The number of nitrogens with zero attached hydrogens (tertiary/aromatic N) is 1. The monoisotopic (exact) mass is 453 g/mol. The van der Waals surface area contributed by atoms with Crippen molar-refractivity contribution < 1.29 is 18.0 Å². The number of hydrogen-bond donors (Lipinski definition) is 2. The van der Waals surface area contributed by atoms with Crippen LogP contribution in [0, 0.1) is 0 Å². The number of benzene rings is 1. The van der Waals surface area contributed by atoms with E-state index in [1.54, 1.807) is 25.3 Å². The SMILES string of the molecule is CC(=O)NC1CCC(N[C@@H]2C[C@H]2c2ccc(-c3cccc(C(F)(F)F)c3)nc2)CC1.Cl. The highest BCUT2D eigenvalue weighted by Gasteiger charge is 2.40. The zero-order chi connectivity index (χ0) is 21.3. The van der Waals surface area contributed by atoms with E-state index in [1.807, 2.05) is 6.07 Å². The van der Waals surface area contributed by atoms with Crippen LogP contribution in [-0.2, 0) is 11.0 Å². The summed E-state index contributed by atoms with van der Waals surface area (Å²) < 4.78 is 38.8. The van der Waals surface area contributed by atoms with E-state index >= 15 is 0 Å². The van der Waals surface area contributed by atoms with Gasteiger partial charge in [0, 0.05) is 42.7 Å². The first-order valence-corrected chi connectivity index (χ1v) is 10.5. The Labute approximate surface area is 186 Å². The Balaban J connectivity index is 0.00000272. The minimum Gasteiger partial charge on any atom is -0.354 e. The molecule has 2 aliphatic rings. The Bertz CT molecular complexity index is 896. The predicted octanol–water partition coefficient (Wildman–Crippen LogP) is 5.08. The second kappa shape index (κ2) is 9.57. The van der Waals surface area contributed by atoms with Crippen molar-refractivity contribution in [2.24, 2.45) is 0 Å². The van der Waals surface area contributed by atoms with Gasteiger partial charge < -0.3 is 10.6 Å². The highest BCUT2D eigenvalue weighted by Crippen LogP contribution is 2.42. The van der Waals surface area contributed by atoms with E-state index < -0.39 is 11.7 Å². The van der Waals surface area contributed by atoms with Crippen molar-refractivity contribution >= 4 is 18.3 Å². The molecule has 31 heavy (non-hydrogen) atoms. The summed E-state index contributed by atoms with van der Waals surface area (Å²) in [5.74, 6) is 0.441. The zero-order valence-corrected chi connectivity index (χ0v) is 18.1. The minimum absolute atomic E-state index is 0. The van der Waals surface area contributed by atoms with Gasteiger partial charge in [-0.3, -0.25) is 9.78 Å². The Kier molecular flexibility index (Phi) is 7.27. The molecule has 0 unspecified atom stereocenters. The van der Waals surface area contributed by atoms with E-state index in [0.717, 1.165) is 49.8 Å². The smallest absolute Gasteiger partial charge is 0.354 e. The fourth-order valence-electron chi connectivity index (χ4n) is 4.39. The van der Waals surface area contributed by atoms with Crippen LogP contribution in [0.2, 0.25) is 0 Å². The molecule has 4 rings (SSSR count). The largest absolute Gasteiger partial charge is 0.416 e. The third kappa shape index (κ3) is 5.98. The van der Waals surface area contributed by atoms with E-state index in [1.165, 1.54) is 6.07 Å². The average molecular weight is 454 g/mol. The summed E-state index contributed by atoms with van der Waals surface area (Å²) in [5, 5.41) is 6.72. The fraction of sp³-hybridized carbons (Fsp3) is 0.478. The van der Waals surface area contributed by atoms with Gasteiger partial charge in [-0.2, -0.15) is 13.2 Å². The van der Waals surface area contributed by atoms with Gasteiger partial charge in [-0.1, -0.05) is 18.2 Å². The van der Waals surface area contributed by atoms with E-state index in [2.05, 4.69) is 15.6 Å². The topological polar surface area (TPSA) is 54.0 Å². The maximum Gasteiger partial charge on any atom is 0.416 e. The van der Waals surface area contributed by atoms with E-state index in [9.17, 15) is 18.0 Å². The van der Waals surface area contributed by atoms with Crippen LogP contribution in [-0.4, -0.2) is 29.0 Å². The van der Waals surface area contributed by atoms with Crippen LogP contribution >= 0.6 is 12.4 Å². The molecule has 2 N–H and O–H groups in total. The van der Waals surface area contributed by atoms with Gasteiger partial charge in [-0.25, -0.2) is 0 Å². The van der Waals surface area contributed by atoms with Gasteiger partial charge in [0.15, 0.2) is 0 Å². The van der Waals surface area contributed by atoms with Crippen molar-refractivity contribution in [3.8, 4) is 11.3 Å². The molecule has 0 saturated heterocycles. The Morgan fingerprint density at radius 3 is 2.39 bits per heavy atom. The number of alkyl halides is 3. The molecule has 2 atom stereocenters. The number of hydrogen-bond acceptors (Lipinski definition) is 3. The molecule has 168 valence electrons. The molecule has 1 amide bonds. The van der Waals surface area contributed by atoms with Crippen LogP contribution in [0.25, 0.3) is 11.3 Å². The number of carbonyl (C=O) groups excluding carboxylic acids is 1. The third-order valence-corrected chi connectivity index (χ3v) is 6.07. The van der Waals surface area contributed by atoms with Gasteiger partial charge in [-0.05, 0) is 55.9 Å². The minimum atomic E-state index is -4.36. The highest BCUT2D eigenvalue weighted by molar-refractivity contribution is 5.85. The number of amides is 1. The lowest BCUT2D eigenvalue weighted by molar-refractivity contribution is -0.137. The first-order chi connectivity index (χ1) is 14.3. The van der Waals surface area contributed by atoms with Crippen molar-refractivity contribution in [1.29, 1.82) is 0 Å². The van der Waals surface area contributed by atoms with Crippen LogP contribution in [0.5, 0.6) is 0 Å². The average Bonchev–Trinajstić information content (AvgIpc) is 3.48. The van der Waals surface area contributed by atoms with Crippen molar-refractivity contribution in [2.75, 3.05) is 0 Å². The second-order valence-electron chi connectivity index (χ2n) is 8.42. The first kappa shape index (κ1) is 23.5. The molecule has 2 aliphatic carbocycles. The summed E-state index contributed by atoms with van der Waals surface area (Å²) in [6, 6.07) is 10.2. The maximum atomic E-state index is 12.9.